The first-order valence-corrected chi connectivity index (χ1v) is 7.83. The maximum Gasteiger partial charge on any atom is 0.405 e. The summed E-state index contributed by atoms with van der Waals surface area (Å²) in [5, 5.41) is 5.17. The number of carbonyl (C=O) groups is 1. The van der Waals surface area contributed by atoms with Crippen molar-refractivity contribution in [1.82, 2.24) is 15.5 Å². The van der Waals surface area contributed by atoms with E-state index in [-0.39, 0.29) is 23.1 Å². The Morgan fingerprint density at radius 3 is 2.57 bits per heavy atom. The van der Waals surface area contributed by atoms with Crippen molar-refractivity contribution in [3.8, 4) is 0 Å². The molecule has 0 aromatic heterocycles. The summed E-state index contributed by atoms with van der Waals surface area (Å²) in [5.74, 6) is -1.66. The minimum atomic E-state index is -4.48. The van der Waals surface area contributed by atoms with Crippen molar-refractivity contribution < 1.29 is 22.4 Å². The summed E-state index contributed by atoms with van der Waals surface area (Å²) in [6, 6.07) is 2.14. The number of amides is 1. The van der Waals surface area contributed by atoms with Crippen molar-refractivity contribution in [3.63, 3.8) is 0 Å². The molecule has 128 valence electrons. The molecule has 1 aliphatic heterocycles. The summed E-state index contributed by atoms with van der Waals surface area (Å²) in [7, 11) is 0. The second kappa shape index (κ2) is 7.59. The molecule has 0 bridgehead atoms. The Morgan fingerprint density at radius 1 is 1.35 bits per heavy atom. The molecule has 1 fully saturated rings. The Morgan fingerprint density at radius 2 is 2.00 bits per heavy atom. The van der Waals surface area contributed by atoms with Gasteiger partial charge < -0.3 is 10.6 Å². The molecular formula is C14H16BrF4N3O. The summed E-state index contributed by atoms with van der Waals surface area (Å²) in [6.45, 7) is 0.773. The highest BCUT2D eigenvalue weighted by Gasteiger charge is 2.43. The number of nitrogens with zero attached hydrogens (tertiary/aromatic N) is 1. The van der Waals surface area contributed by atoms with Gasteiger partial charge >= 0.3 is 6.18 Å². The van der Waals surface area contributed by atoms with E-state index in [0.29, 0.717) is 13.1 Å². The lowest BCUT2D eigenvalue weighted by atomic mass is 10.1. The lowest BCUT2D eigenvalue weighted by Crippen LogP contribution is -2.57. The monoisotopic (exact) mass is 397 g/mol. The summed E-state index contributed by atoms with van der Waals surface area (Å²) in [4.78, 5) is 13.3. The van der Waals surface area contributed by atoms with Crippen LogP contribution in [0.15, 0.2) is 22.7 Å². The molecule has 1 unspecified atom stereocenters. The third-order valence-corrected chi connectivity index (χ3v) is 4.28. The fraction of sp³-hybridized carbons (Fsp3) is 0.500. The number of halogens is 5. The van der Waals surface area contributed by atoms with E-state index >= 15 is 0 Å². The van der Waals surface area contributed by atoms with Crippen molar-refractivity contribution >= 4 is 21.8 Å². The molecule has 1 aliphatic rings. The number of piperazine rings is 1. The number of nitrogens with one attached hydrogen (secondary N) is 2. The van der Waals surface area contributed by atoms with Crippen LogP contribution in [0.4, 0.5) is 17.6 Å². The van der Waals surface area contributed by atoms with Gasteiger partial charge in [-0.3, -0.25) is 9.69 Å². The Bertz CT molecular complexity index is 541. The van der Waals surface area contributed by atoms with Gasteiger partial charge in [-0.05, 0) is 28.1 Å². The lowest BCUT2D eigenvalue weighted by molar-refractivity contribution is -0.183. The first-order chi connectivity index (χ1) is 10.8. The Balaban J connectivity index is 2.07. The second-order valence-electron chi connectivity index (χ2n) is 5.15. The molecule has 23 heavy (non-hydrogen) atoms. The zero-order valence-corrected chi connectivity index (χ0v) is 13.7. The molecule has 1 amide bonds. The Hall–Kier alpha value is -1.19. The second-order valence-corrected chi connectivity index (χ2v) is 6.00. The van der Waals surface area contributed by atoms with E-state index in [4.69, 9.17) is 0 Å². The zero-order chi connectivity index (χ0) is 17.0. The van der Waals surface area contributed by atoms with Gasteiger partial charge in [0.1, 0.15) is 11.9 Å². The van der Waals surface area contributed by atoms with Gasteiger partial charge in [0.25, 0.3) is 5.91 Å². The molecule has 2 N–H and O–H groups in total. The summed E-state index contributed by atoms with van der Waals surface area (Å²) in [5.41, 5.74) is -0.297. The maximum atomic E-state index is 13.7. The number of benzene rings is 1. The summed E-state index contributed by atoms with van der Waals surface area (Å²) in [6.07, 6.45) is -4.48. The minimum Gasteiger partial charge on any atom is -0.350 e. The molecule has 2 rings (SSSR count). The highest BCUT2D eigenvalue weighted by atomic mass is 79.9. The van der Waals surface area contributed by atoms with E-state index < -0.39 is 30.5 Å². The van der Waals surface area contributed by atoms with Crippen LogP contribution in [0.25, 0.3) is 0 Å². The molecule has 1 heterocycles. The minimum absolute atomic E-state index is 0.195. The highest BCUT2D eigenvalue weighted by molar-refractivity contribution is 9.10. The van der Waals surface area contributed by atoms with Gasteiger partial charge in [0, 0.05) is 37.2 Å². The number of carbonyl (C=O) groups excluding carboxylic acids is 1. The fourth-order valence-electron chi connectivity index (χ4n) is 2.44. The molecule has 4 nitrogen and oxygen atoms in total. The third kappa shape index (κ3) is 4.65. The van der Waals surface area contributed by atoms with Crippen molar-refractivity contribution in [3.05, 3.63) is 34.1 Å². The molecule has 0 spiro atoms. The first kappa shape index (κ1) is 18.2. The van der Waals surface area contributed by atoms with E-state index in [2.05, 4.69) is 26.6 Å². The quantitative estimate of drug-likeness (QED) is 0.765. The van der Waals surface area contributed by atoms with Crippen LogP contribution in [0.3, 0.4) is 0 Å². The van der Waals surface area contributed by atoms with E-state index in [1.54, 1.807) is 0 Å². The van der Waals surface area contributed by atoms with Gasteiger partial charge in [-0.2, -0.15) is 13.2 Å². The Labute approximate surface area is 139 Å². The Kier molecular flexibility index (Phi) is 5.99. The molecule has 1 aromatic rings. The lowest BCUT2D eigenvalue weighted by Gasteiger charge is -2.35. The molecule has 1 saturated heterocycles. The van der Waals surface area contributed by atoms with E-state index in [0.717, 1.165) is 6.07 Å². The average Bonchev–Trinajstić information content (AvgIpc) is 2.47. The van der Waals surface area contributed by atoms with Crippen LogP contribution >= 0.6 is 15.9 Å². The molecule has 0 saturated carbocycles. The fourth-order valence-corrected chi connectivity index (χ4v) is 2.96. The molecule has 0 radical (unpaired) electrons. The average molecular weight is 398 g/mol. The predicted molar refractivity (Wildman–Crippen MR) is 80.7 cm³/mol. The SMILES string of the molecule is O=C(NCC(N1CCNCC1)C(F)(F)F)c1c(F)cccc1Br. The number of hydrogen-bond donors (Lipinski definition) is 2. The van der Waals surface area contributed by atoms with Crippen LogP contribution in [-0.2, 0) is 0 Å². The first-order valence-electron chi connectivity index (χ1n) is 7.04. The van der Waals surface area contributed by atoms with Crippen molar-refractivity contribution in [2.24, 2.45) is 0 Å². The van der Waals surface area contributed by atoms with Gasteiger partial charge in [0.2, 0.25) is 0 Å². The van der Waals surface area contributed by atoms with Crippen LogP contribution < -0.4 is 10.6 Å². The van der Waals surface area contributed by atoms with Crippen molar-refractivity contribution in [2.75, 3.05) is 32.7 Å². The van der Waals surface area contributed by atoms with Gasteiger partial charge in [0.15, 0.2) is 0 Å². The summed E-state index contributed by atoms with van der Waals surface area (Å²) >= 11 is 3.03. The highest BCUT2D eigenvalue weighted by Crippen LogP contribution is 2.25. The molecule has 0 aliphatic carbocycles. The summed E-state index contributed by atoms with van der Waals surface area (Å²) < 4.78 is 53.5. The number of hydrogen-bond acceptors (Lipinski definition) is 3. The van der Waals surface area contributed by atoms with Gasteiger partial charge in [-0.15, -0.1) is 0 Å². The van der Waals surface area contributed by atoms with E-state index in [1.165, 1.54) is 17.0 Å². The van der Waals surface area contributed by atoms with Crippen LogP contribution in [-0.4, -0.2) is 55.7 Å². The van der Waals surface area contributed by atoms with Crippen molar-refractivity contribution in [2.45, 2.75) is 12.2 Å². The topological polar surface area (TPSA) is 44.4 Å². The van der Waals surface area contributed by atoms with E-state index in [1.807, 2.05) is 0 Å². The molecule has 9 heteroatoms. The van der Waals surface area contributed by atoms with Crippen LogP contribution in [0.5, 0.6) is 0 Å². The van der Waals surface area contributed by atoms with Gasteiger partial charge in [0.05, 0.1) is 5.56 Å². The molecule has 1 atom stereocenters. The van der Waals surface area contributed by atoms with Crippen LogP contribution in [0.2, 0.25) is 0 Å². The van der Waals surface area contributed by atoms with Crippen molar-refractivity contribution in [1.29, 1.82) is 0 Å². The third-order valence-electron chi connectivity index (χ3n) is 3.62. The zero-order valence-electron chi connectivity index (χ0n) is 12.1. The normalized spacial score (nSPS) is 17.8. The molecule has 1 aromatic carbocycles. The van der Waals surface area contributed by atoms with Crippen LogP contribution in [0, 0.1) is 5.82 Å². The largest absolute Gasteiger partial charge is 0.405 e. The smallest absolute Gasteiger partial charge is 0.350 e. The molecular weight excluding hydrogens is 382 g/mol. The van der Waals surface area contributed by atoms with Crippen LogP contribution in [0.1, 0.15) is 10.4 Å². The van der Waals surface area contributed by atoms with Gasteiger partial charge in [-0.25, -0.2) is 4.39 Å². The number of alkyl halides is 3. The van der Waals surface area contributed by atoms with E-state index in [9.17, 15) is 22.4 Å². The standard InChI is InChI=1S/C14H16BrF4N3O/c15-9-2-1-3-10(16)12(9)13(23)21-8-11(14(17,18)19)22-6-4-20-5-7-22/h1-3,11,20H,4-8H2,(H,21,23). The predicted octanol–water partition coefficient (Wildman–Crippen LogP) is 2.15. The van der Waals surface area contributed by atoms with Gasteiger partial charge in [-0.1, -0.05) is 6.07 Å². The number of rotatable bonds is 4. The maximum absolute atomic E-state index is 13.7.